The van der Waals surface area contributed by atoms with E-state index in [1.807, 2.05) is 30.3 Å². The van der Waals surface area contributed by atoms with Crippen LogP contribution in [0.4, 0.5) is 15.8 Å². The molecule has 0 aliphatic carbocycles. The Morgan fingerprint density at radius 1 is 0.826 bits per heavy atom. The van der Waals surface area contributed by atoms with Crippen LogP contribution in [0.5, 0.6) is 0 Å². The van der Waals surface area contributed by atoms with Crippen LogP contribution in [0.15, 0.2) is 65.1 Å². The van der Waals surface area contributed by atoms with Crippen LogP contribution in [0.1, 0.15) is 5.56 Å². The minimum absolute atomic E-state index is 0.335. The summed E-state index contributed by atoms with van der Waals surface area (Å²) >= 11 is 0. The van der Waals surface area contributed by atoms with Crippen LogP contribution in [-0.4, -0.2) is 0 Å². The monoisotopic (exact) mass is 302 g/mol. The molecule has 1 N–H and O–H groups in total. The van der Waals surface area contributed by atoms with Crippen LogP contribution < -0.4 is 5.32 Å². The van der Waals surface area contributed by atoms with Crippen molar-refractivity contribution in [2.45, 2.75) is 0 Å². The third kappa shape index (κ3) is 2.11. The van der Waals surface area contributed by atoms with Crippen LogP contribution in [-0.2, 0) is 0 Å². The highest BCUT2D eigenvalue weighted by atomic mass is 19.1. The fourth-order valence-electron chi connectivity index (χ4n) is 2.71. The third-order valence-corrected chi connectivity index (χ3v) is 3.79. The molecule has 0 spiro atoms. The number of halogens is 1. The first-order valence-electron chi connectivity index (χ1n) is 7.14. The van der Waals surface area contributed by atoms with Crippen molar-refractivity contribution in [1.82, 2.24) is 0 Å². The molecule has 0 unspecified atom stereocenters. The van der Waals surface area contributed by atoms with Crippen LogP contribution in [0.3, 0.4) is 0 Å². The predicted molar refractivity (Wildman–Crippen MR) is 88.1 cm³/mol. The van der Waals surface area contributed by atoms with Crippen molar-refractivity contribution in [1.29, 1.82) is 5.26 Å². The van der Waals surface area contributed by atoms with E-state index in [1.54, 1.807) is 24.3 Å². The summed E-state index contributed by atoms with van der Waals surface area (Å²) in [7, 11) is 0. The lowest BCUT2D eigenvalue weighted by Crippen LogP contribution is -1.93. The van der Waals surface area contributed by atoms with Gasteiger partial charge in [-0.3, -0.25) is 0 Å². The van der Waals surface area contributed by atoms with E-state index in [0.29, 0.717) is 28.1 Å². The molecule has 1 aromatic heterocycles. The van der Waals surface area contributed by atoms with Gasteiger partial charge in [0.15, 0.2) is 11.2 Å². The van der Waals surface area contributed by atoms with E-state index in [0.717, 1.165) is 10.8 Å². The summed E-state index contributed by atoms with van der Waals surface area (Å²) in [6, 6.07) is 19.7. The van der Waals surface area contributed by atoms with Crippen LogP contribution in [0, 0.1) is 17.1 Å². The molecular formula is C19H11FN2O. The molecule has 3 aromatic carbocycles. The highest BCUT2D eigenvalue weighted by Crippen LogP contribution is 2.36. The van der Waals surface area contributed by atoms with Gasteiger partial charge in [-0.1, -0.05) is 36.4 Å². The molecular weight excluding hydrogens is 291 g/mol. The lowest BCUT2D eigenvalue weighted by Gasteiger charge is -2.07. The minimum Gasteiger partial charge on any atom is -0.452 e. The number of anilines is 2. The van der Waals surface area contributed by atoms with Crippen LogP contribution in [0.2, 0.25) is 0 Å². The normalized spacial score (nSPS) is 10.8. The minimum atomic E-state index is -0.335. The first-order chi connectivity index (χ1) is 11.3. The largest absolute Gasteiger partial charge is 0.452 e. The lowest BCUT2D eigenvalue weighted by molar-refractivity contribution is 0.631. The van der Waals surface area contributed by atoms with Crippen molar-refractivity contribution in [3.8, 4) is 6.07 Å². The summed E-state index contributed by atoms with van der Waals surface area (Å²) in [5.74, 6) is -0.335. The Morgan fingerprint density at radius 3 is 2.30 bits per heavy atom. The highest BCUT2D eigenvalue weighted by molar-refractivity contribution is 6.10. The van der Waals surface area contributed by atoms with E-state index < -0.39 is 0 Å². The molecule has 0 radical (unpaired) electrons. The SMILES string of the molecule is N#Cc1cccc2c1oc1c(Nc3ccccc3F)cccc12. The molecule has 0 fully saturated rings. The molecule has 3 nitrogen and oxygen atoms in total. The standard InChI is InChI=1S/C19H11FN2O/c20-15-8-1-2-9-16(15)22-17-10-4-7-14-13-6-3-5-12(11-21)18(13)23-19(14)17/h1-10,22H. The number of fused-ring (bicyclic) bond motifs is 3. The van der Waals surface area contributed by atoms with E-state index in [4.69, 9.17) is 4.42 Å². The summed E-state index contributed by atoms with van der Waals surface area (Å²) in [6.45, 7) is 0. The number of nitriles is 1. The molecule has 4 aromatic rings. The Labute approximate surface area is 131 Å². The molecule has 23 heavy (non-hydrogen) atoms. The van der Waals surface area contributed by atoms with E-state index >= 15 is 0 Å². The molecule has 0 saturated carbocycles. The zero-order valence-electron chi connectivity index (χ0n) is 12.0. The molecule has 0 atom stereocenters. The first kappa shape index (κ1) is 13.4. The molecule has 0 bridgehead atoms. The van der Waals surface area contributed by atoms with Crippen LogP contribution >= 0.6 is 0 Å². The first-order valence-corrected chi connectivity index (χ1v) is 7.14. The second-order valence-corrected chi connectivity index (χ2v) is 5.18. The molecule has 0 aliphatic rings. The number of hydrogen-bond acceptors (Lipinski definition) is 3. The summed E-state index contributed by atoms with van der Waals surface area (Å²) in [5, 5.41) is 14.0. The molecule has 110 valence electrons. The summed E-state index contributed by atoms with van der Waals surface area (Å²) in [4.78, 5) is 0. The van der Waals surface area contributed by atoms with Gasteiger partial charge in [-0.15, -0.1) is 0 Å². The van der Waals surface area contributed by atoms with Gasteiger partial charge >= 0.3 is 0 Å². The second-order valence-electron chi connectivity index (χ2n) is 5.18. The Hall–Kier alpha value is -3.32. The molecule has 1 heterocycles. The Bertz CT molecular complexity index is 1080. The van der Waals surface area contributed by atoms with Crippen molar-refractivity contribution in [3.63, 3.8) is 0 Å². The fraction of sp³-hybridized carbons (Fsp3) is 0. The molecule has 0 amide bonds. The Balaban J connectivity index is 1.95. The van der Waals surface area contributed by atoms with Crippen molar-refractivity contribution >= 4 is 33.3 Å². The highest BCUT2D eigenvalue weighted by Gasteiger charge is 2.14. The van der Waals surface area contributed by atoms with Gasteiger partial charge in [-0.2, -0.15) is 5.26 Å². The number of nitrogens with one attached hydrogen (secondary N) is 1. The molecule has 4 heteroatoms. The maximum atomic E-state index is 13.9. The van der Waals surface area contributed by atoms with E-state index in [1.165, 1.54) is 6.07 Å². The van der Waals surface area contributed by atoms with Gasteiger partial charge in [0, 0.05) is 10.8 Å². The zero-order chi connectivity index (χ0) is 15.8. The van der Waals surface area contributed by atoms with E-state index in [-0.39, 0.29) is 5.82 Å². The molecule has 4 rings (SSSR count). The predicted octanol–water partition coefficient (Wildman–Crippen LogP) is 5.34. The maximum absolute atomic E-state index is 13.9. The van der Waals surface area contributed by atoms with E-state index in [2.05, 4.69) is 11.4 Å². The van der Waals surface area contributed by atoms with Gasteiger partial charge < -0.3 is 9.73 Å². The topological polar surface area (TPSA) is 49.0 Å². The molecule has 0 aliphatic heterocycles. The van der Waals surface area contributed by atoms with Gasteiger partial charge in [0.25, 0.3) is 0 Å². The number of nitrogens with zero attached hydrogens (tertiary/aromatic N) is 1. The number of rotatable bonds is 2. The van der Waals surface area contributed by atoms with Gasteiger partial charge in [-0.25, -0.2) is 4.39 Å². The second kappa shape index (κ2) is 5.15. The summed E-state index contributed by atoms with van der Waals surface area (Å²) in [6.07, 6.45) is 0. The van der Waals surface area contributed by atoms with Gasteiger partial charge in [-0.05, 0) is 24.3 Å². The smallest absolute Gasteiger partial charge is 0.158 e. The van der Waals surface area contributed by atoms with Gasteiger partial charge in [0.05, 0.1) is 16.9 Å². The molecule has 0 saturated heterocycles. The Morgan fingerprint density at radius 2 is 1.52 bits per heavy atom. The fourth-order valence-corrected chi connectivity index (χ4v) is 2.71. The maximum Gasteiger partial charge on any atom is 0.158 e. The number of hydrogen-bond donors (Lipinski definition) is 1. The van der Waals surface area contributed by atoms with Crippen molar-refractivity contribution < 1.29 is 8.81 Å². The summed E-state index contributed by atoms with van der Waals surface area (Å²) < 4.78 is 19.8. The summed E-state index contributed by atoms with van der Waals surface area (Å²) in [5.41, 5.74) is 2.67. The zero-order valence-corrected chi connectivity index (χ0v) is 12.0. The average Bonchev–Trinajstić information content (AvgIpc) is 2.97. The van der Waals surface area contributed by atoms with Crippen molar-refractivity contribution in [2.75, 3.05) is 5.32 Å². The number of benzene rings is 3. The lowest BCUT2D eigenvalue weighted by atomic mass is 10.1. The quantitative estimate of drug-likeness (QED) is 0.543. The number of furan rings is 1. The Kier molecular flexibility index (Phi) is 2.99. The van der Waals surface area contributed by atoms with E-state index in [9.17, 15) is 9.65 Å². The van der Waals surface area contributed by atoms with Gasteiger partial charge in [0.2, 0.25) is 0 Å². The van der Waals surface area contributed by atoms with Crippen molar-refractivity contribution in [3.05, 3.63) is 72.0 Å². The van der Waals surface area contributed by atoms with Crippen LogP contribution in [0.25, 0.3) is 21.9 Å². The number of para-hydroxylation sites is 3. The average molecular weight is 302 g/mol. The van der Waals surface area contributed by atoms with Crippen molar-refractivity contribution in [2.24, 2.45) is 0 Å². The van der Waals surface area contributed by atoms with Gasteiger partial charge in [0.1, 0.15) is 11.9 Å². The third-order valence-electron chi connectivity index (χ3n) is 3.79.